The Labute approximate surface area is 335 Å². The molecular weight excluding hydrogens is 706 g/mol. The molecule has 0 aliphatic heterocycles. The molecule has 4 heteroatoms. The first kappa shape index (κ1) is 36.2. The van der Waals surface area contributed by atoms with Gasteiger partial charge in [0.25, 0.3) is 0 Å². The van der Waals surface area contributed by atoms with Crippen LogP contribution in [0.1, 0.15) is 11.1 Å². The Morgan fingerprint density at radius 1 is 0.393 bits per heavy atom. The van der Waals surface area contributed by atoms with E-state index < -0.39 is 16.1 Å². The average molecular weight is 756 g/mol. The van der Waals surface area contributed by atoms with Crippen LogP contribution in [0.15, 0.2) is 158 Å². The van der Waals surface area contributed by atoms with Crippen molar-refractivity contribution in [3.05, 3.63) is 169 Å². The Morgan fingerprint density at radius 2 is 0.839 bits per heavy atom. The summed E-state index contributed by atoms with van der Waals surface area (Å²) >= 11 is 0. The minimum atomic E-state index is -1.47. The second kappa shape index (κ2) is 13.7. The molecule has 274 valence electrons. The summed E-state index contributed by atoms with van der Waals surface area (Å²) in [6.07, 6.45) is 0. The van der Waals surface area contributed by atoms with Gasteiger partial charge in [-0.15, -0.1) is 0 Å². The first-order valence-corrected chi connectivity index (χ1v) is 27.1. The Bertz CT molecular complexity index is 2770. The van der Waals surface area contributed by atoms with Crippen molar-refractivity contribution >= 4 is 110 Å². The molecule has 9 rings (SSSR count). The van der Waals surface area contributed by atoms with E-state index >= 15 is 0 Å². The largest absolute Gasteiger partial charge is 0.310 e. The summed E-state index contributed by atoms with van der Waals surface area (Å²) in [6, 6.07) is 60.0. The van der Waals surface area contributed by atoms with Crippen molar-refractivity contribution in [3.63, 3.8) is 0 Å². The summed E-state index contributed by atoms with van der Waals surface area (Å²) in [5, 5.41) is 13.7. The van der Waals surface area contributed by atoms with E-state index in [4.69, 9.17) is 0 Å². The molecule has 1 nitrogen and oxygen atoms in total. The molecule has 0 heterocycles. The van der Waals surface area contributed by atoms with Gasteiger partial charge >= 0.3 is 0 Å². The Hall–Kier alpha value is -5.42. The van der Waals surface area contributed by atoms with E-state index in [1.54, 1.807) is 0 Å². The number of para-hydroxylation sites is 2. The van der Waals surface area contributed by atoms with Crippen molar-refractivity contribution in [3.8, 4) is 0 Å². The lowest BCUT2D eigenvalue weighted by atomic mass is 9.36. The van der Waals surface area contributed by atoms with E-state index in [0.29, 0.717) is 0 Å². The zero-order chi connectivity index (χ0) is 38.9. The normalized spacial score (nSPS) is 12.3. The summed E-state index contributed by atoms with van der Waals surface area (Å²) in [5.74, 6) is 0. The summed E-state index contributed by atoms with van der Waals surface area (Å²) in [5.41, 5.74) is 10.2. The Kier molecular flexibility index (Phi) is 8.83. The molecule has 0 aliphatic rings. The van der Waals surface area contributed by atoms with Gasteiger partial charge in [0.2, 0.25) is 6.71 Å². The number of hydrogen-bond acceptors (Lipinski definition) is 1. The number of benzene rings is 9. The fraction of sp³-hybridized carbons (Fsp3) is 0.154. The van der Waals surface area contributed by atoms with Gasteiger partial charge in [-0.25, -0.2) is 0 Å². The fourth-order valence-corrected chi connectivity index (χ4v) is 11.5. The molecule has 0 saturated heterocycles. The fourth-order valence-electron chi connectivity index (χ4n) is 9.19. The molecule has 0 bridgehead atoms. The van der Waals surface area contributed by atoms with Gasteiger partial charge in [0.05, 0.1) is 21.8 Å². The van der Waals surface area contributed by atoms with Gasteiger partial charge in [0.1, 0.15) is 0 Å². The third-order valence-electron chi connectivity index (χ3n) is 12.1. The average Bonchev–Trinajstić information content (AvgIpc) is 3.19. The maximum Gasteiger partial charge on any atom is 0.242 e. The van der Waals surface area contributed by atoms with Gasteiger partial charge < -0.3 is 4.90 Å². The van der Waals surface area contributed by atoms with Gasteiger partial charge in [0, 0.05) is 22.1 Å². The Balaban J connectivity index is 1.41. The van der Waals surface area contributed by atoms with Crippen molar-refractivity contribution in [1.82, 2.24) is 0 Å². The molecule has 0 radical (unpaired) electrons. The molecule has 0 N–H and O–H groups in total. The van der Waals surface area contributed by atoms with Gasteiger partial charge in [-0.3, -0.25) is 0 Å². The van der Waals surface area contributed by atoms with E-state index in [0.717, 1.165) is 11.4 Å². The highest BCUT2D eigenvalue weighted by atomic mass is 28.3. The van der Waals surface area contributed by atoms with Gasteiger partial charge in [-0.05, 0) is 87.6 Å². The van der Waals surface area contributed by atoms with Crippen molar-refractivity contribution in [2.24, 2.45) is 0 Å². The minimum Gasteiger partial charge on any atom is -0.310 e. The number of hydrogen-bond donors (Lipinski definition) is 0. The highest BCUT2D eigenvalue weighted by Gasteiger charge is 2.30. The van der Waals surface area contributed by atoms with Crippen LogP contribution in [0.5, 0.6) is 0 Å². The molecule has 0 unspecified atom stereocenters. The molecule has 0 fully saturated rings. The second-order valence-corrected chi connectivity index (χ2v) is 28.0. The molecule has 0 spiro atoms. The first-order chi connectivity index (χ1) is 26.9. The van der Waals surface area contributed by atoms with Gasteiger partial charge in [0.15, 0.2) is 0 Å². The quantitative estimate of drug-likeness (QED) is 0.0848. The zero-order valence-corrected chi connectivity index (χ0v) is 36.0. The van der Waals surface area contributed by atoms with Crippen LogP contribution in [0.25, 0.3) is 43.1 Å². The monoisotopic (exact) mass is 755 g/mol. The third-order valence-corrected chi connectivity index (χ3v) is 16.2. The van der Waals surface area contributed by atoms with Crippen LogP contribution in [0.3, 0.4) is 0 Å². The molecule has 56 heavy (non-hydrogen) atoms. The SMILES string of the molecule is Cc1cc(N(c2ccccc2)c2ccccc2)c2c3ccccc3c3c(C)cc(B(c4ccc([Si](C)(C)C)cc4)c4ccc([Si](C)(C)C)cc4)c4ccc1c2c43. The van der Waals surface area contributed by atoms with Crippen LogP contribution < -0.4 is 31.7 Å². The standard InChI is InChI=1S/C52H50BNSi2/c1-35-34-48(54(39-17-11-9-12-18-39)40-19-13-10-14-20-40)50-45-22-16-15-21-44(45)49-36(2)33-47(46-32-31-43(35)51(50)52(46)49)53(37-23-27-41(28-24-37)55(3,4)5)38-25-29-42(30-26-38)56(6,7)8/h9-34H,1-8H3. The zero-order valence-electron chi connectivity index (χ0n) is 34.0. The number of fused-ring (bicyclic) bond motifs is 3. The molecule has 9 aromatic carbocycles. The third kappa shape index (κ3) is 6.07. The summed E-state index contributed by atoms with van der Waals surface area (Å²) < 4.78 is 0. The topological polar surface area (TPSA) is 3.24 Å². The summed E-state index contributed by atoms with van der Waals surface area (Å²) in [7, 11) is -2.94. The predicted octanol–water partition coefficient (Wildman–Crippen LogP) is 11.4. The van der Waals surface area contributed by atoms with Crippen LogP contribution in [-0.4, -0.2) is 22.9 Å². The van der Waals surface area contributed by atoms with Crippen LogP contribution in [0.2, 0.25) is 39.3 Å². The van der Waals surface area contributed by atoms with Crippen LogP contribution >= 0.6 is 0 Å². The van der Waals surface area contributed by atoms with Crippen LogP contribution in [0.4, 0.5) is 17.1 Å². The maximum absolute atomic E-state index is 2.52. The van der Waals surface area contributed by atoms with Gasteiger partial charge in [-0.2, -0.15) is 0 Å². The predicted molar refractivity (Wildman–Crippen MR) is 255 cm³/mol. The molecule has 0 saturated carbocycles. The molecule has 9 aromatic rings. The molecule has 0 aromatic heterocycles. The smallest absolute Gasteiger partial charge is 0.242 e. The van der Waals surface area contributed by atoms with Crippen molar-refractivity contribution in [2.45, 2.75) is 53.1 Å². The van der Waals surface area contributed by atoms with E-state index in [2.05, 4.69) is 216 Å². The van der Waals surface area contributed by atoms with Crippen molar-refractivity contribution < 1.29 is 0 Å². The van der Waals surface area contributed by atoms with Crippen molar-refractivity contribution in [1.29, 1.82) is 0 Å². The van der Waals surface area contributed by atoms with Gasteiger partial charge in [-0.1, -0.05) is 193 Å². The summed E-state index contributed by atoms with van der Waals surface area (Å²) in [4.78, 5) is 2.46. The lowest BCUT2D eigenvalue weighted by Crippen LogP contribution is -2.53. The number of nitrogens with zero attached hydrogens (tertiary/aromatic N) is 1. The number of rotatable bonds is 8. The molecular formula is C52H50BNSi2. The molecule has 0 aliphatic carbocycles. The minimum absolute atomic E-state index is 0.0848. The Morgan fingerprint density at radius 3 is 1.34 bits per heavy atom. The second-order valence-electron chi connectivity index (χ2n) is 17.9. The van der Waals surface area contributed by atoms with Crippen LogP contribution in [0, 0.1) is 13.8 Å². The van der Waals surface area contributed by atoms with Crippen molar-refractivity contribution in [2.75, 3.05) is 4.90 Å². The van der Waals surface area contributed by atoms with E-state index in [1.807, 2.05) is 0 Å². The summed E-state index contributed by atoms with van der Waals surface area (Å²) in [6.45, 7) is 19.4. The highest BCUT2D eigenvalue weighted by molar-refractivity contribution is 6.97. The molecule has 0 atom stereocenters. The first-order valence-electron chi connectivity index (χ1n) is 20.1. The lowest BCUT2D eigenvalue weighted by Gasteiger charge is -2.30. The number of aryl methyl sites for hydroxylation is 2. The lowest BCUT2D eigenvalue weighted by molar-refractivity contribution is 1.29. The highest BCUT2D eigenvalue weighted by Crippen LogP contribution is 2.49. The maximum atomic E-state index is 2.52. The number of anilines is 3. The van der Waals surface area contributed by atoms with E-state index in [1.165, 1.54) is 86.7 Å². The molecule has 0 amide bonds. The van der Waals surface area contributed by atoms with E-state index in [9.17, 15) is 0 Å². The van der Waals surface area contributed by atoms with Crippen LogP contribution in [-0.2, 0) is 0 Å². The van der Waals surface area contributed by atoms with E-state index in [-0.39, 0.29) is 6.71 Å².